The van der Waals surface area contributed by atoms with Crippen molar-refractivity contribution in [1.29, 1.82) is 0 Å². The molecule has 23 heavy (non-hydrogen) atoms. The van der Waals surface area contributed by atoms with Gasteiger partial charge in [0.15, 0.2) is 5.78 Å². The zero-order valence-corrected chi connectivity index (χ0v) is 13.4. The Hall–Kier alpha value is -1.79. The molecule has 1 aliphatic carbocycles. The fraction of sp³-hybridized carbons (Fsp3) is 0.588. The van der Waals surface area contributed by atoms with Gasteiger partial charge in [-0.05, 0) is 18.7 Å². The van der Waals surface area contributed by atoms with Gasteiger partial charge in [0.25, 0.3) is 5.69 Å². The minimum absolute atomic E-state index is 0. The maximum Gasteiger partial charge on any atom is 0.270 e. The van der Waals surface area contributed by atoms with E-state index in [0.717, 1.165) is 31.7 Å². The fourth-order valence-electron chi connectivity index (χ4n) is 3.04. The number of ketones is 1. The molecular weight excluding hydrogens is 294 g/mol. The number of hydrogen-bond acceptors (Lipinski definition) is 5. The molecule has 1 aliphatic heterocycles. The van der Waals surface area contributed by atoms with Crippen LogP contribution in [0, 0.1) is 10.1 Å². The van der Waals surface area contributed by atoms with Gasteiger partial charge in [-0.3, -0.25) is 19.8 Å². The van der Waals surface area contributed by atoms with Gasteiger partial charge in [-0.1, -0.05) is 21.3 Å². The Bertz CT molecular complexity index is 566. The number of fused-ring (bicyclic) bond motifs is 1. The monoisotopic (exact) mass is 321 g/mol. The summed E-state index contributed by atoms with van der Waals surface area (Å²) < 4.78 is 0. The molecule has 1 unspecified atom stereocenters. The summed E-state index contributed by atoms with van der Waals surface area (Å²) in [6.07, 6.45) is 0.445. The lowest BCUT2D eigenvalue weighted by Gasteiger charge is -2.36. The summed E-state index contributed by atoms with van der Waals surface area (Å²) in [5.74, 6) is 0.0210. The van der Waals surface area contributed by atoms with Crippen LogP contribution >= 0.6 is 0 Å². The molecule has 1 aromatic rings. The molecule has 0 aromatic heterocycles. The maximum atomic E-state index is 12.1. The number of nitro groups is 1. The molecule has 0 saturated carbocycles. The number of likely N-dealkylation sites (N-methyl/N-ethyl adjacent to an activating group) is 1. The molecule has 0 N–H and O–H groups in total. The lowest BCUT2D eigenvalue weighted by molar-refractivity contribution is -0.384. The van der Waals surface area contributed by atoms with Crippen LogP contribution in [0.3, 0.4) is 0 Å². The topological polar surface area (TPSA) is 66.7 Å². The van der Waals surface area contributed by atoms with Crippen molar-refractivity contribution in [3.63, 3.8) is 0 Å². The summed E-state index contributed by atoms with van der Waals surface area (Å²) in [5, 5.41) is 10.8. The molecule has 0 spiro atoms. The number of nitrogens with zero attached hydrogens (tertiary/aromatic N) is 3. The first-order valence-corrected chi connectivity index (χ1v) is 7.80. The molecule has 3 rings (SSSR count). The van der Waals surface area contributed by atoms with Crippen molar-refractivity contribution in [2.75, 3.05) is 33.2 Å². The van der Waals surface area contributed by atoms with Crippen LogP contribution in [-0.2, 0) is 0 Å². The minimum atomic E-state index is -0.448. The summed E-state index contributed by atoms with van der Waals surface area (Å²) in [7, 11) is 2.09. The zero-order valence-electron chi connectivity index (χ0n) is 13.4. The van der Waals surface area contributed by atoms with E-state index >= 15 is 0 Å². The number of piperazine rings is 1. The van der Waals surface area contributed by atoms with Gasteiger partial charge in [0, 0.05) is 56.3 Å². The highest BCUT2D eigenvalue weighted by Gasteiger charge is 2.35. The van der Waals surface area contributed by atoms with Crippen molar-refractivity contribution in [3.05, 3.63) is 39.4 Å². The van der Waals surface area contributed by atoms with Gasteiger partial charge in [0.2, 0.25) is 0 Å². The number of nitro benzene ring substituents is 1. The molecular formula is C17H27N3O3. The summed E-state index contributed by atoms with van der Waals surface area (Å²) in [5.41, 5.74) is 1.48. The zero-order chi connectivity index (χ0) is 16.3. The number of hydrogen-bond donors (Lipinski definition) is 0. The lowest BCUT2D eigenvalue weighted by Crippen LogP contribution is -2.45. The van der Waals surface area contributed by atoms with E-state index in [2.05, 4.69) is 16.8 Å². The first kappa shape index (κ1) is 19.3. The second-order valence-corrected chi connectivity index (χ2v) is 5.51. The Morgan fingerprint density at radius 2 is 1.78 bits per heavy atom. The Morgan fingerprint density at radius 3 is 2.35 bits per heavy atom. The number of carbonyl (C=O) groups is 1. The van der Waals surface area contributed by atoms with E-state index in [9.17, 15) is 14.9 Å². The number of Topliss-reactive ketones (excluding diaryl/α,β-unsaturated/α-hetero) is 1. The van der Waals surface area contributed by atoms with Crippen LogP contribution < -0.4 is 0 Å². The Balaban J connectivity index is 0.000000849. The standard InChI is InChI=1S/C14H17N3O3.C2H6.CH4/c1-15-4-6-16(7-5-15)13-9-14(18)12-8-10(17(19)20)2-3-11(12)13;1-2;/h2-3,8,13H,4-7,9H2,1H3;1-2H3;1H4. The number of rotatable bonds is 2. The number of benzene rings is 1. The average molecular weight is 321 g/mol. The van der Waals surface area contributed by atoms with Crippen LogP contribution in [-0.4, -0.2) is 53.7 Å². The van der Waals surface area contributed by atoms with Crippen LogP contribution in [0.4, 0.5) is 5.69 Å². The Kier molecular flexibility index (Phi) is 6.84. The van der Waals surface area contributed by atoms with Gasteiger partial charge in [0.1, 0.15) is 0 Å². The summed E-state index contributed by atoms with van der Waals surface area (Å²) in [4.78, 5) is 27.0. The highest BCUT2D eigenvalue weighted by Crippen LogP contribution is 2.37. The average Bonchev–Trinajstić information content (AvgIpc) is 2.87. The van der Waals surface area contributed by atoms with E-state index in [0.29, 0.717) is 12.0 Å². The largest absolute Gasteiger partial charge is 0.304 e. The molecule has 0 bridgehead atoms. The predicted molar refractivity (Wildman–Crippen MR) is 91.9 cm³/mol. The first-order chi connectivity index (χ1) is 10.6. The van der Waals surface area contributed by atoms with E-state index in [1.807, 2.05) is 13.8 Å². The minimum Gasteiger partial charge on any atom is -0.304 e. The van der Waals surface area contributed by atoms with Crippen molar-refractivity contribution < 1.29 is 9.72 Å². The molecule has 1 saturated heterocycles. The van der Waals surface area contributed by atoms with Crippen molar-refractivity contribution >= 4 is 11.5 Å². The van der Waals surface area contributed by atoms with Gasteiger partial charge in [-0.25, -0.2) is 0 Å². The number of carbonyl (C=O) groups excluding carboxylic acids is 1. The molecule has 2 aliphatic rings. The van der Waals surface area contributed by atoms with Gasteiger partial charge in [-0.2, -0.15) is 0 Å². The van der Waals surface area contributed by atoms with Crippen molar-refractivity contribution in [1.82, 2.24) is 9.80 Å². The predicted octanol–water partition coefficient (Wildman–Crippen LogP) is 3.13. The van der Waals surface area contributed by atoms with Gasteiger partial charge in [-0.15, -0.1) is 0 Å². The third-order valence-corrected chi connectivity index (χ3v) is 4.26. The van der Waals surface area contributed by atoms with Crippen molar-refractivity contribution in [2.45, 2.75) is 33.7 Å². The fourth-order valence-corrected chi connectivity index (χ4v) is 3.04. The summed E-state index contributed by atoms with van der Waals surface area (Å²) >= 11 is 0. The third-order valence-electron chi connectivity index (χ3n) is 4.26. The molecule has 6 heteroatoms. The second-order valence-electron chi connectivity index (χ2n) is 5.51. The van der Waals surface area contributed by atoms with E-state index in [1.165, 1.54) is 12.1 Å². The van der Waals surface area contributed by atoms with Crippen LogP contribution in [0.2, 0.25) is 0 Å². The van der Waals surface area contributed by atoms with E-state index in [1.54, 1.807) is 6.07 Å². The van der Waals surface area contributed by atoms with Crippen molar-refractivity contribution in [3.8, 4) is 0 Å². The highest BCUT2D eigenvalue weighted by atomic mass is 16.6. The van der Waals surface area contributed by atoms with Gasteiger partial charge >= 0.3 is 0 Å². The van der Waals surface area contributed by atoms with Crippen molar-refractivity contribution in [2.24, 2.45) is 0 Å². The van der Waals surface area contributed by atoms with E-state index in [4.69, 9.17) is 0 Å². The van der Waals surface area contributed by atoms with Crippen LogP contribution in [0.15, 0.2) is 18.2 Å². The Labute approximate surface area is 138 Å². The van der Waals surface area contributed by atoms with E-state index in [-0.39, 0.29) is 24.9 Å². The normalized spacial score (nSPS) is 21.0. The van der Waals surface area contributed by atoms with Crippen LogP contribution in [0.25, 0.3) is 0 Å². The molecule has 1 heterocycles. The summed E-state index contributed by atoms with van der Waals surface area (Å²) in [6.45, 7) is 7.86. The van der Waals surface area contributed by atoms with Crippen LogP contribution in [0.5, 0.6) is 0 Å². The molecule has 1 atom stereocenters. The van der Waals surface area contributed by atoms with Crippen LogP contribution in [0.1, 0.15) is 49.7 Å². The smallest absolute Gasteiger partial charge is 0.270 e. The SMILES string of the molecule is C.CC.CN1CCN(C2CC(=O)c3cc([N+](=O)[O-])ccc32)CC1. The first-order valence-electron chi connectivity index (χ1n) is 7.80. The molecule has 0 radical (unpaired) electrons. The van der Waals surface area contributed by atoms with Gasteiger partial charge in [0.05, 0.1) is 4.92 Å². The number of non-ortho nitro benzene ring substituents is 1. The molecule has 1 fully saturated rings. The molecule has 128 valence electrons. The second kappa shape index (κ2) is 8.17. The third kappa shape index (κ3) is 3.95. The lowest BCUT2D eigenvalue weighted by atomic mass is 10.1. The summed E-state index contributed by atoms with van der Waals surface area (Å²) in [6, 6.07) is 4.77. The highest BCUT2D eigenvalue weighted by molar-refractivity contribution is 6.01. The van der Waals surface area contributed by atoms with Gasteiger partial charge < -0.3 is 4.90 Å². The quantitative estimate of drug-likeness (QED) is 0.618. The molecule has 0 amide bonds. The Morgan fingerprint density at radius 1 is 1.17 bits per heavy atom. The molecule has 1 aromatic carbocycles. The maximum absolute atomic E-state index is 12.1. The van der Waals surface area contributed by atoms with E-state index < -0.39 is 4.92 Å². The molecule has 6 nitrogen and oxygen atoms in total.